The lowest BCUT2D eigenvalue weighted by Gasteiger charge is -2.28. The number of H-pyrrole nitrogens is 1. The normalized spacial score (nSPS) is 21.6. The molecule has 9 heteroatoms. The zero-order valence-corrected chi connectivity index (χ0v) is 18.5. The number of pyridine rings is 1. The molecule has 2 aliphatic rings. The van der Waals surface area contributed by atoms with Crippen LogP contribution in [0.1, 0.15) is 25.7 Å². The molecule has 3 aromatic rings. The third-order valence-electron chi connectivity index (χ3n) is 6.28. The predicted octanol–water partition coefficient (Wildman–Crippen LogP) is 3.54. The van der Waals surface area contributed by atoms with Gasteiger partial charge in [-0.2, -0.15) is 4.98 Å². The van der Waals surface area contributed by atoms with E-state index in [2.05, 4.69) is 32.0 Å². The van der Waals surface area contributed by atoms with E-state index < -0.39 is 0 Å². The number of nitrogens with two attached hydrogens (primary N) is 1. The van der Waals surface area contributed by atoms with E-state index in [1.165, 1.54) is 0 Å². The number of primary amides is 1. The predicted molar refractivity (Wildman–Crippen MR) is 123 cm³/mol. The van der Waals surface area contributed by atoms with Gasteiger partial charge in [-0.25, -0.2) is 4.98 Å². The zero-order chi connectivity index (χ0) is 22.1. The quantitative estimate of drug-likeness (QED) is 0.609. The number of hydrogen-bond acceptors (Lipinski definition) is 6. The highest BCUT2D eigenvalue weighted by Crippen LogP contribution is 2.32. The van der Waals surface area contributed by atoms with Crippen molar-refractivity contribution in [3.63, 3.8) is 0 Å². The number of imidazole rings is 1. The molecule has 0 spiro atoms. The number of carbonyl (C=O) groups is 1. The SMILES string of the molecule is NC(=O)[C@H]1CC[C@H](Oc2nc3nc(-c4ccc(N5CCOCC5)cc4)c(Cl)cc3[nH]2)CC1. The number of amides is 1. The molecule has 8 nitrogen and oxygen atoms in total. The Labute approximate surface area is 191 Å². The lowest BCUT2D eigenvalue weighted by Crippen LogP contribution is -2.36. The number of halogens is 1. The summed E-state index contributed by atoms with van der Waals surface area (Å²) in [7, 11) is 0. The monoisotopic (exact) mass is 455 g/mol. The number of nitrogens with zero attached hydrogens (tertiary/aromatic N) is 3. The van der Waals surface area contributed by atoms with Gasteiger partial charge in [0.2, 0.25) is 5.91 Å². The summed E-state index contributed by atoms with van der Waals surface area (Å²) >= 11 is 6.55. The van der Waals surface area contributed by atoms with Crippen LogP contribution in [-0.2, 0) is 9.53 Å². The number of aromatic nitrogens is 3. The number of anilines is 1. The zero-order valence-electron chi connectivity index (χ0n) is 17.7. The Morgan fingerprint density at radius 3 is 2.53 bits per heavy atom. The van der Waals surface area contributed by atoms with Gasteiger partial charge in [0.25, 0.3) is 6.01 Å². The first-order valence-electron chi connectivity index (χ1n) is 11.0. The van der Waals surface area contributed by atoms with Crippen LogP contribution in [0.3, 0.4) is 0 Å². The molecule has 3 heterocycles. The van der Waals surface area contributed by atoms with Gasteiger partial charge >= 0.3 is 0 Å². The number of fused-ring (bicyclic) bond motifs is 1. The van der Waals surface area contributed by atoms with Crippen molar-refractivity contribution in [2.24, 2.45) is 11.7 Å². The third kappa shape index (κ3) is 4.38. The molecular formula is C23H26ClN5O3. The van der Waals surface area contributed by atoms with E-state index in [4.69, 9.17) is 26.8 Å². The molecule has 1 saturated carbocycles. The Bertz CT molecular complexity index is 1100. The second kappa shape index (κ2) is 8.96. The highest BCUT2D eigenvalue weighted by Gasteiger charge is 2.26. The van der Waals surface area contributed by atoms with Gasteiger partial charge in [0.05, 0.1) is 29.4 Å². The van der Waals surface area contributed by atoms with Gasteiger partial charge in [0, 0.05) is 30.3 Å². The highest BCUT2D eigenvalue weighted by molar-refractivity contribution is 6.33. The summed E-state index contributed by atoms with van der Waals surface area (Å²) in [5.74, 6) is -0.278. The van der Waals surface area contributed by atoms with Crippen LogP contribution in [-0.4, -0.2) is 53.3 Å². The minimum absolute atomic E-state index is 0.00818. The van der Waals surface area contributed by atoms with E-state index in [0.717, 1.165) is 68.8 Å². The second-order valence-corrected chi connectivity index (χ2v) is 8.78. The van der Waals surface area contributed by atoms with Crippen molar-refractivity contribution in [3.8, 4) is 17.3 Å². The van der Waals surface area contributed by atoms with Crippen molar-refractivity contribution >= 4 is 34.4 Å². The summed E-state index contributed by atoms with van der Waals surface area (Å²) in [6.07, 6.45) is 3.05. The lowest BCUT2D eigenvalue weighted by molar-refractivity contribution is -0.123. The number of nitrogens with one attached hydrogen (secondary N) is 1. The van der Waals surface area contributed by atoms with E-state index in [9.17, 15) is 4.79 Å². The maximum absolute atomic E-state index is 11.4. The Morgan fingerprint density at radius 1 is 1.12 bits per heavy atom. The number of hydrogen-bond donors (Lipinski definition) is 2. The second-order valence-electron chi connectivity index (χ2n) is 8.37. The van der Waals surface area contributed by atoms with Crippen LogP contribution in [0.25, 0.3) is 22.4 Å². The van der Waals surface area contributed by atoms with Crippen molar-refractivity contribution in [1.29, 1.82) is 0 Å². The number of morpholine rings is 1. The Kier molecular flexibility index (Phi) is 5.89. The number of benzene rings is 1. The summed E-state index contributed by atoms with van der Waals surface area (Å²) in [6.45, 7) is 3.29. The summed E-state index contributed by atoms with van der Waals surface area (Å²) in [4.78, 5) is 26.0. The molecule has 1 amide bonds. The Morgan fingerprint density at radius 2 is 1.84 bits per heavy atom. The van der Waals surface area contributed by atoms with Gasteiger partial charge < -0.3 is 25.1 Å². The Balaban J connectivity index is 1.32. The van der Waals surface area contributed by atoms with E-state index in [1.807, 2.05) is 18.2 Å². The standard InChI is InChI=1S/C23H26ClN5O3/c24-18-13-19-22(28-23(26-19)32-17-7-3-15(4-8-17)21(25)30)27-20(18)14-1-5-16(6-2-14)29-9-11-31-12-10-29/h1-2,5-6,13,15,17H,3-4,7-12H2,(H2,25,30)(H,26,27,28)/t15-,17-. The summed E-state index contributed by atoms with van der Waals surface area (Å²) in [5.41, 5.74) is 9.48. The largest absolute Gasteiger partial charge is 0.461 e. The molecule has 2 fully saturated rings. The van der Waals surface area contributed by atoms with E-state index in [1.54, 1.807) is 0 Å². The first-order chi connectivity index (χ1) is 15.6. The number of ether oxygens (including phenoxy) is 2. The van der Waals surface area contributed by atoms with Gasteiger partial charge in [-0.05, 0) is 43.9 Å². The van der Waals surface area contributed by atoms with Gasteiger partial charge in [-0.15, -0.1) is 0 Å². The van der Waals surface area contributed by atoms with E-state index in [-0.39, 0.29) is 17.9 Å². The fraction of sp³-hybridized carbons (Fsp3) is 0.435. The van der Waals surface area contributed by atoms with Gasteiger partial charge in [-0.3, -0.25) is 4.79 Å². The molecule has 0 radical (unpaired) electrons. The molecule has 32 heavy (non-hydrogen) atoms. The van der Waals surface area contributed by atoms with Crippen LogP contribution in [0.5, 0.6) is 6.01 Å². The number of carbonyl (C=O) groups excluding carboxylic acids is 1. The third-order valence-corrected chi connectivity index (χ3v) is 6.56. The van der Waals surface area contributed by atoms with Crippen molar-refractivity contribution in [3.05, 3.63) is 35.4 Å². The summed E-state index contributed by atoms with van der Waals surface area (Å²) < 4.78 is 11.4. The molecule has 5 rings (SSSR count). The van der Waals surface area contributed by atoms with Gasteiger partial charge in [0.15, 0.2) is 5.65 Å². The van der Waals surface area contributed by atoms with Crippen LogP contribution < -0.4 is 15.4 Å². The maximum atomic E-state index is 11.4. The van der Waals surface area contributed by atoms with Crippen molar-refractivity contribution in [2.45, 2.75) is 31.8 Å². The number of rotatable bonds is 5. The average molecular weight is 456 g/mol. The highest BCUT2D eigenvalue weighted by atomic mass is 35.5. The maximum Gasteiger partial charge on any atom is 0.296 e. The van der Waals surface area contributed by atoms with Crippen molar-refractivity contribution in [2.75, 3.05) is 31.2 Å². The first-order valence-corrected chi connectivity index (χ1v) is 11.4. The molecule has 168 valence electrons. The fourth-order valence-corrected chi connectivity index (χ4v) is 4.69. The molecule has 0 atom stereocenters. The minimum atomic E-state index is -0.225. The first kappa shape index (κ1) is 21.0. The van der Waals surface area contributed by atoms with E-state index >= 15 is 0 Å². The fourth-order valence-electron chi connectivity index (χ4n) is 4.43. The molecule has 0 unspecified atom stereocenters. The Hall–Kier alpha value is -2.84. The lowest BCUT2D eigenvalue weighted by atomic mass is 9.87. The summed E-state index contributed by atoms with van der Waals surface area (Å²) in [5, 5.41) is 0.550. The van der Waals surface area contributed by atoms with Crippen LogP contribution >= 0.6 is 11.6 Å². The average Bonchev–Trinajstić information content (AvgIpc) is 3.20. The van der Waals surface area contributed by atoms with E-state index in [0.29, 0.717) is 22.4 Å². The molecule has 1 aliphatic heterocycles. The van der Waals surface area contributed by atoms with Crippen LogP contribution in [0.2, 0.25) is 5.02 Å². The van der Waals surface area contributed by atoms with Crippen LogP contribution in [0.4, 0.5) is 5.69 Å². The summed E-state index contributed by atoms with van der Waals surface area (Å²) in [6, 6.07) is 10.5. The molecule has 0 bridgehead atoms. The molecule has 1 aromatic carbocycles. The van der Waals surface area contributed by atoms with Crippen molar-refractivity contribution < 1.29 is 14.3 Å². The topological polar surface area (TPSA) is 106 Å². The van der Waals surface area contributed by atoms with Crippen LogP contribution in [0.15, 0.2) is 30.3 Å². The smallest absolute Gasteiger partial charge is 0.296 e. The minimum Gasteiger partial charge on any atom is -0.461 e. The molecular weight excluding hydrogens is 430 g/mol. The number of aromatic amines is 1. The molecule has 2 aromatic heterocycles. The molecule has 3 N–H and O–H groups in total. The molecule has 1 aliphatic carbocycles. The van der Waals surface area contributed by atoms with Crippen molar-refractivity contribution in [1.82, 2.24) is 15.0 Å². The van der Waals surface area contributed by atoms with Crippen LogP contribution in [0, 0.1) is 5.92 Å². The van der Waals surface area contributed by atoms with Gasteiger partial charge in [0.1, 0.15) is 6.10 Å². The van der Waals surface area contributed by atoms with Gasteiger partial charge in [-0.1, -0.05) is 23.7 Å². The molecule has 1 saturated heterocycles.